The molecule has 0 saturated carbocycles. The first kappa shape index (κ1) is 15.6. The molecule has 9 nitrogen and oxygen atoms in total. The highest BCUT2D eigenvalue weighted by molar-refractivity contribution is 7.93. The van der Waals surface area contributed by atoms with Gasteiger partial charge in [-0.05, 0) is 24.3 Å². The number of nitrogens with two attached hydrogens (primary N) is 1. The molecule has 0 unspecified atom stereocenters. The van der Waals surface area contributed by atoms with Crippen molar-refractivity contribution in [2.45, 2.75) is 9.24 Å². The Morgan fingerprint density at radius 3 is 2.24 bits per heavy atom. The number of rotatable bonds is 5. The molecular weight excluding hydrogens is 340 g/mol. The van der Waals surface area contributed by atoms with Gasteiger partial charge in [0.1, 0.15) is 5.75 Å². The summed E-state index contributed by atoms with van der Waals surface area (Å²) < 4.78 is 52.8. The van der Waals surface area contributed by atoms with Crippen LogP contribution in [-0.2, 0) is 20.0 Å². The van der Waals surface area contributed by atoms with Crippen molar-refractivity contribution in [1.29, 1.82) is 0 Å². The second-order valence-electron chi connectivity index (χ2n) is 3.70. The SMILES string of the molecule is COc1ccc(S(=O)(=O)Nc2nnc(S(N)(=O)=O)s2)cc1. The highest BCUT2D eigenvalue weighted by Gasteiger charge is 2.20. The van der Waals surface area contributed by atoms with Gasteiger partial charge in [-0.2, -0.15) is 0 Å². The second-order valence-corrected chi connectivity index (χ2v) is 8.09. The lowest BCUT2D eigenvalue weighted by Crippen LogP contribution is -2.12. The van der Waals surface area contributed by atoms with Gasteiger partial charge in [-0.3, -0.25) is 4.72 Å². The van der Waals surface area contributed by atoms with Crippen LogP contribution in [0.4, 0.5) is 5.13 Å². The molecule has 114 valence electrons. The Morgan fingerprint density at radius 2 is 1.76 bits per heavy atom. The molecule has 2 rings (SSSR count). The third-order valence-electron chi connectivity index (χ3n) is 2.24. The Kier molecular flexibility index (Phi) is 4.13. The van der Waals surface area contributed by atoms with Crippen molar-refractivity contribution in [3.63, 3.8) is 0 Å². The Bertz CT molecular complexity index is 842. The summed E-state index contributed by atoms with van der Waals surface area (Å²) in [6.07, 6.45) is 0. The fraction of sp³-hybridized carbons (Fsp3) is 0.111. The third-order valence-corrected chi connectivity index (χ3v) is 5.87. The largest absolute Gasteiger partial charge is 0.497 e. The number of hydrogen-bond donors (Lipinski definition) is 2. The first-order valence-corrected chi connectivity index (χ1v) is 9.10. The van der Waals surface area contributed by atoms with Crippen LogP contribution >= 0.6 is 11.3 Å². The number of methoxy groups -OCH3 is 1. The standard InChI is InChI=1S/C9H10N4O5S3/c1-18-6-2-4-7(5-3-6)21(16,17)13-8-11-12-9(19-8)20(10,14)15/h2-5H,1H3,(H,11,13)(H2,10,14,15). The second kappa shape index (κ2) is 5.55. The number of sulfonamides is 2. The van der Waals surface area contributed by atoms with Gasteiger partial charge >= 0.3 is 0 Å². The number of hydrogen-bond acceptors (Lipinski definition) is 8. The molecule has 0 aliphatic rings. The molecule has 1 aromatic carbocycles. The zero-order chi connectivity index (χ0) is 15.7. The van der Waals surface area contributed by atoms with Crippen LogP contribution < -0.4 is 14.6 Å². The number of nitrogens with zero attached hydrogens (tertiary/aromatic N) is 2. The highest BCUT2D eigenvalue weighted by atomic mass is 32.2. The summed E-state index contributed by atoms with van der Waals surface area (Å²) in [4.78, 5) is -0.0318. The molecule has 2 aromatic rings. The van der Waals surface area contributed by atoms with Crippen molar-refractivity contribution in [3.8, 4) is 5.75 Å². The Hall–Kier alpha value is -1.76. The van der Waals surface area contributed by atoms with Gasteiger partial charge in [0, 0.05) is 0 Å². The van der Waals surface area contributed by atoms with E-state index in [9.17, 15) is 16.8 Å². The maximum Gasteiger partial charge on any atom is 0.267 e. The monoisotopic (exact) mass is 350 g/mol. The minimum atomic E-state index is -4.02. The van der Waals surface area contributed by atoms with Crippen LogP contribution in [0.15, 0.2) is 33.5 Å². The number of nitrogens with one attached hydrogen (secondary N) is 1. The van der Waals surface area contributed by atoms with Crippen LogP contribution in [0.1, 0.15) is 0 Å². The zero-order valence-corrected chi connectivity index (χ0v) is 13.0. The molecule has 3 N–H and O–H groups in total. The molecule has 1 heterocycles. The van der Waals surface area contributed by atoms with E-state index in [1.165, 1.54) is 31.4 Å². The van der Waals surface area contributed by atoms with E-state index in [2.05, 4.69) is 14.9 Å². The predicted octanol–water partition coefficient (Wildman–Crippen LogP) is -0.00510. The summed E-state index contributed by atoms with van der Waals surface area (Å²) >= 11 is 0.519. The van der Waals surface area contributed by atoms with Crippen molar-refractivity contribution in [2.24, 2.45) is 5.14 Å². The molecule has 1 aromatic heterocycles. The first-order valence-electron chi connectivity index (χ1n) is 5.25. The average Bonchev–Trinajstić information content (AvgIpc) is 2.86. The van der Waals surface area contributed by atoms with Gasteiger partial charge in [0.2, 0.25) is 9.47 Å². The van der Waals surface area contributed by atoms with Gasteiger partial charge in [0.25, 0.3) is 20.0 Å². The minimum absolute atomic E-state index is 0.0318. The van der Waals surface area contributed by atoms with Gasteiger partial charge in [0.15, 0.2) is 0 Å². The van der Waals surface area contributed by atoms with Gasteiger partial charge in [-0.25, -0.2) is 22.0 Å². The summed E-state index contributed by atoms with van der Waals surface area (Å²) in [5.74, 6) is 0.501. The predicted molar refractivity (Wildman–Crippen MR) is 75.1 cm³/mol. The van der Waals surface area contributed by atoms with Gasteiger partial charge in [-0.1, -0.05) is 11.3 Å². The van der Waals surface area contributed by atoms with Crippen LogP contribution in [0, 0.1) is 0 Å². The minimum Gasteiger partial charge on any atom is -0.497 e. The van der Waals surface area contributed by atoms with E-state index in [0.717, 1.165) is 0 Å². The molecular formula is C9H10N4O5S3. The maximum atomic E-state index is 12.1. The average molecular weight is 350 g/mol. The van der Waals surface area contributed by atoms with E-state index >= 15 is 0 Å². The number of aromatic nitrogens is 2. The van der Waals surface area contributed by atoms with Gasteiger partial charge in [0.05, 0.1) is 12.0 Å². The van der Waals surface area contributed by atoms with E-state index in [-0.39, 0.29) is 10.0 Å². The maximum absolute atomic E-state index is 12.1. The highest BCUT2D eigenvalue weighted by Crippen LogP contribution is 2.23. The van der Waals surface area contributed by atoms with Crippen molar-refractivity contribution >= 4 is 36.5 Å². The quantitative estimate of drug-likeness (QED) is 0.772. The molecule has 0 aliphatic heterocycles. The van der Waals surface area contributed by atoms with E-state index in [1.807, 2.05) is 0 Å². The summed E-state index contributed by atoms with van der Waals surface area (Å²) in [5, 5.41) is 11.4. The van der Waals surface area contributed by atoms with Crippen molar-refractivity contribution in [1.82, 2.24) is 10.2 Å². The summed E-state index contributed by atoms with van der Waals surface area (Å²) in [7, 11) is -6.47. The van der Waals surface area contributed by atoms with Crippen LogP contribution in [0.25, 0.3) is 0 Å². The number of ether oxygens (including phenoxy) is 1. The molecule has 0 saturated heterocycles. The number of benzene rings is 1. The number of primary sulfonamides is 1. The molecule has 0 amide bonds. The lowest BCUT2D eigenvalue weighted by atomic mass is 10.3. The van der Waals surface area contributed by atoms with Crippen LogP contribution in [0.3, 0.4) is 0 Å². The molecule has 0 bridgehead atoms. The van der Waals surface area contributed by atoms with Crippen molar-refractivity contribution in [3.05, 3.63) is 24.3 Å². The van der Waals surface area contributed by atoms with Crippen molar-refractivity contribution in [2.75, 3.05) is 11.8 Å². The lowest BCUT2D eigenvalue weighted by Gasteiger charge is -2.05. The molecule has 0 radical (unpaired) electrons. The van der Waals surface area contributed by atoms with Crippen molar-refractivity contribution < 1.29 is 21.6 Å². The Balaban J connectivity index is 2.26. The molecule has 0 spiro atoms. The molecule has 21 heavy (non-hydrogen) atoms. The molecule has 0 aliphatic carbocycles. The van der Waals surface area contributed by atoms with Crippen LogP contribution in [0.5, 0.6) is 5.75 Å². The van der Waals surface area contributed by atoms with E-state index in [1.54, 1.807) is 0 Å². The summed E-state index contributed by atoms with van der Waals surface area (Å²) in [5.41, 5.74) is 0. The van der Waals surface area contributed by atoms with Gasteiger partial charge < -0.3 is 4.74 Å². The summed E-state index contributed by atoms with van der Waals surface area (Å²) in [6.45, 7) is 0. The fourth-order valence-corrected chi connectivity index (χ4v) is 3.86. The molecule has 0 fully saturated rings. The Labute approximate surface area is 124 Å². The normalized spacial score (nSPS) is 12.1. The lowest BCUT2D eigenvalue weighted by molar-refractivity contribution is 0.414. The number of anilines is 1. The smallest absolute Gasteiger partial charge is 0.267 e. The molecule has 0 atom stereocenters. The summed E-state index contributed by atoms with van der Waals surface area (Å²) in [6, 6.07) is 5.63. The zero-order valence-electron chi connectivity index (χ0n) is 10.5. The third kappa shape index (κ3) is 3.66. The van der Waals surface area contributed by atoms with E-state index < -0.39 is 24.4 Å². The van der Waals surface area contributed by atoms with Gasteiger partial charge in [-0.15, -0.1) is 10.2 Å². The van der Waals surface area contributed by atoms with Crippen LogP contribution in [-0.4, -0.2) is 34.1 Å². The first-order chi connectivity index (χ1) is 9.72. The topological polar surface area (TPSA) is 141 Å². The van der Waals surface area contributed by atoms with E-state index in [0.29, 0.717) is 17.1 Å². The molecule has 12 heteroatoms. The fourth-order valence-electron chi connectivity index (χ4n) is 1.29. The van der Waals surface area contributed by atoms with Crippen LogP contribution in [0.2, 0.25) is 0 Å². The van der Waals surface area contributed by atoms with E-state index in [4.69, 9.17) is 9.88 Å². The Morgan fingerprint density at radius 1 is 1.14 bits per heavy atom.